The first-order valence-electron chi connectivity index (χ1n) is 6.02. The minimum absolute atomic E-state index is 0.151. The Hall–Kier alpha value is -1.82. The van der Waals surface area contributed by atoms with Crippen molar-refractivity contribution in [1.82, 2.24) is 0 Å². The minimum atomic E-state index is -4.44. The molecule has 0 bridgehead atoms. The first kappa shape index (κ1) is 15.6. The van der Waals surface area contributed by atoms with Gasteiger partial charge in [-0.15, -0.1) is 0 Å². The molecule has 2 nitrogen and oxygen atoms in total. The summed E-state index contributed by atoms with van der Waals surface area (Å²) in [6.45, 7) is 1.64. The summed E-state index contributed by atoms with van der Waals surface area (Å²) >= 11 is 3.25. The van der Waals surface area contributed by atoms with Crippen LogP contribution in [0, 0.1) is 6.92 Å². The van der Waals surface area contributed by atoms with Gasteiger partial charge in [0.15, 0.2) is 0 Å². The first-order chi connectivity index (χ1) is 9.77. The first-order valence-corrected chi connectivity index (χ1v) is 6.81. The molecule has 0 heterocycles. The van der Waals surface area contributed by atoms with Crippen LogP contribution in [-0.4, -0.2) is 5.91 Å². The second kappa shape index (κ2) is 5.89. The Labute approximate surface area is 128 Å². The summed E-state index contributed by atoms with van der Waals surface area (Å²) in [5.74, 6) is -0.454. The molecule has 0 aromatic heterocycles. The number of halogens is 4. The minimum Gasteiger partial charge on any atom is -0.322 e. The highest BCUT2D eigenvalue weighted by Gasteiger charge is 2.30. The lowest BCUT2D eigenvalue weighted by atomic mass is 10.1. The summed E-state index contributed by atoms with van der Waals surface area (Å²) in [5, 5.41) is 2.50. The monoisotopic (exact) mass is 357 g/mol. The molecule has 0 aliphatic heterocycles. The average Bonchev–Trinajstić information content (AvgIpc) is 2.40. The van der Waals surface area contributed by atoms with Gasteiger partial charge in [0, 0.05) is 15.7 Å². The summed E-state index contributed by atoms with van der Waals surface area (Å²) in [7, 11) is 0. The SMILES string of the molecule is Cc1ccc(C(F)(F)F)cc1NC(=O)c1ccc(Br)cc1. The quantitative estimate of drug-likeness (QED) is 0.802. The van der Waals surface area contributed by atoms with E-state index in [-0.39, 0.29) is 5.69 Å². The van der Waals surface area contributed by atoms with E-state index in [2.05, 4.69) is 21.2 Å². The van der Waals surface area contributed by atoms with Gasteiger partial charge in [-0.3, -0.25) is 4.79 Å². The van der Waals surface area contributed by atoms with Crippen LogP contribution in [0.15, 0.2) is 46.9 Å². The number of carbonyl (C=O) groups is 1. The maximum atomic E-state index is 12.7. The number of nitrogens with one attached hydrogen (secondary N) is 1. The van der Waals surface area contributed by atoms with Gasteiger partial charge in [0.2, 0.25) is 0 Å². The van der Waals surface area contributed by atoms with E-state index >= 15 is 0 Å². The molecular weight excluding hydrogens is 347 g/mol. The van der Waals surface area contributed by atoms with Crippen LogP contribution in [0.25, 0.3) is 0 Å². The van der Waals surface area contributed by atoms with Crippen molar-refractivity contribution in [3.8, 4) is 0 Å². The van der Waals surface area contributed by atoms with Crippen molar-refractivity contribution >= 4 is 27.5 Å². The van der Waals surface area contributed by atoms with Crippen molar-refractivity contribution in [2.75, 3.05) is 5.32 Å². The fourth-order valence-corrected chi connectivity index (χ4v) is 1.99. The molecule has 0 saturated heterocycles. The van der Waals surface area contributed by atoms with Gasteiger partial charge in [-0.1, -0.05) is 22.0 Å². The Morgan fingerprint density at radius 2 is 1.71 bits per heavy atom. The van der Waals surface area contributed by atoms with Gasteiger partial charge in [0.05, 0.1) is 5.56 Å². The summed E-state index contributed by atoms with van der Waals surface area (Å²) < 4.78 is 38.9. The topological polar surface area (TPSA) is 29.1 Å². The Morgan fingerprint density at radius 3 is 2.29 bits per heavy atom. The lowest BCUT2D eigenvalue weighted by Crippen LogP contribution is -2.14. The standard InChI is InChI=1S/C15H11BrF3NO/c1-9-2-5-11(15(17,18)19)8-13(9)20-14(21)10-3-6-12(16)7-4-10/h2-8H,1H3,(H,20,21). The largest absolute Gasteiger partial charge is 0.416 e. The number of hydrogen-bond acceptors (Lipinski definition) is 1. The van der Waals surface area contributed by atoms with Crippen molar-refractivity contribution < 1.29 is 18.0 Å². The second-order valence-electron chi connectivity index (χ2n) is 4.49. The molecule has 0 atom stereocenters. The van der Waals surface area contributed by atoms with Crippen LogP contribution >= 0.6 is 15.9 Å². The van der Waals surface area contributed by atoms with E-state index in [1.807, 2.05) is 0 Å². The maximum Gasteiger partial charge on any atom is 0.416 e. The Balaban J connectivity index is 2.26. The van der Waals surface area contributed by atoms with Crippen LogP contribution < -0.4 is 5.32 Å². The maximum absolute atomic E-state index is 12.7. The number of alkyl halides is 3. The number of hydrogen-bond donors (Lipinski definition) is 1. The van der Waals surface area contributed by atoms with Gasteiger partial charge in [-0.25, -0.2) is 0 Å². The molecule has 110 valence electrons. The van der Waals surface area contributed by atoms with Gasteiger partial charge >= 0.3 is 6.18 Å². The van der Waals surface area contributed by atoms with Crippen molar-refractivity contribution in [2.45, 2.75) is 13.1 Å². The highest BCUT2D eigenvalue weighted by Crippen LogP contribution is 2.32. The molecule has 2 aromatic carbocycles. The Kier molecular flexibility index (Phi) is 4.37. The Bertz CT molecular complexity index is 666. The van der Waals surface area contributed by atoms with Crippen LogP contribution in [0.5, 0.6) is 0 Å². The lowest BCUT2D eigenvalue weighted by molar-refractivity contribution is -0.137. The van der Waals surface area contributed by atoms with Crippen molar-refractivity contribution in [3.05, 3.63) is 63.6 Å². The van der Waals surface area contributed by atoms with E-state index in [4.69, 9.17) is 0 Å². The molecule has 0 radical (unpaired) electrons. The number of anilines is 1. The van der Waals surface area contributed by atoms with E-state index in [0.717, 1.165) is 16.6 Å². The zero-order valence-corrected chi connectivity index (χ0v) is 12.5. The predicted octanol–water partition coefficient (Wildman–Crippen LogP) is 5.03. The summed E-state index contributed by atoms with van der Waals surface area (Å²) in [5.41, 5.74) is 0.292. The average molecular weight is 358 g/mol. The van der Waals surface area contributed by atoms with Gasteiger partial charge in [-0.2, -0.15) is 13.2 Å². The fraction of sp³-hybridized carbons (Fsp3) is 0.133. The van der Waals surface area contributed by atoms with E-state index in [0.29, 0.717) is 11.1 Å². The lowest BCUT2D eigenvalue weighted by Gasteiger charge is -2.12. The van der Waals surface area contributed by atoms with Crippen LogP contribution in [0.3, 0.4) is 0 Å². The molecule has 0 unspecified atom stereocenters. The number of carbonyl (C=O) groups excluding carboxylic acids is 1. The van der Waals surface area contributed by atoms with E-state index < -0.39 is 17.6 Å². The molecule has 21 heavy (non-hydrogen) atoms. The third kappa shape index (κ3) is 3.85. The molecule has 0 fully saturated rings. The van der Waals surface area contributed by atoms with Crippen molar-refractivity contribution in [1.29, 1.82) is 0 Å². The van der Waals surface area contributed by atoms with Crippen molar-refractivity contribution in [2.24, 2.45) is 0 Å². The van der Waals surface area contributed by atoms with E-state index in [9.17, 15) is 18.0 Å². The molecule has 2 rings (SSSR count). The Morgan fingerprint density at radius 1 is 1.10 bits per heavy atom. The molecule has 1 amide bonds. The van der Waals surface area contributed by atoms with Gasteiger partial charge < -0.3 is 5.32 Å². The van der Waals surface area contributed by atoms with Crippen LogP contribution in [0.2, 0.25) is 0 Å². The number of benzene rings is 2. The molecular formula is C15H11BrF3NO. The molecule has 0 spiro atoms. The van der Waals surface area contributed by atoms with Crippen LogP contribution in [0.4, 0.5) is 18.9 Å². The summed E-state index contributed by atoms with van der Waals surface area (Å²) in [6.07, 6.45) is -4.44. The third-order valence-electron chi connectivity index (χ3n) is 2.92. The highest BCUT2D eigenvalue weighted by molar-refractivity contribution is 9.10. The smallest absolute Gasteiger partial charge is 0.322 e. The zero-order chi connectivity index (χ0) is 15.6. The van der Waals surface area contributed by atoms with Crippen LogP contribution in [0.1, 0.15) is 21.5 Å². The molecule has 1 N–H and O–H groups in total. The fourth-order valence-electron chi connectivity index (χ4n) is 1.73. The molecule has 0 saturated carbocycles. The molecule has 0 aliphatic rings. The highest BCUT2D eigenvalue weighted by atomic mass is 79.9. The van der Waals surface area contributed by atoms with E-state index in [1.165, 1.54) is 6.07 Å². The summed E-state index contributed by atoms with van der Waals surface area (Å²) in [4.78, 5) is 12.0. The van der Waals surface area contributed by atoms with E-state index in [1.54, 1.807) is 31.2 Å². The van der Waals surface area contributed by atoms with Gasteiger partial charge in [0.1, 0.15) is 0 Å². The van der Waals surface area contributed by atoms with Gasteiger partial charge in [0.25, 0.3) is 5.91 Å². The normalized spacial score (nSPS) is 11.3. The molecule has 6 heteroatoms. The number of aryl methyl sites for hydroxylation is 1. The zero-order valence-electron chi connectivity index (χ0n) is 11.0. The summed E-state index contributed by atoms with van der Waals surface area (Å²) in [6, 6.07) is 9.81. The van der Waals surface area contributed by atoms with Crippen molar-refractivity contribution in [3.63, 3.8) is 0 Å². The van der Waals surface area contributed by atoms with Crippen LogP contribution in [-0.2, 0) is 6.18 Å². The third-order valence-corrected chi connectivity index (χ3v) is 3.45. The predicted molar refractivity (Wildman–Crippen MR) is 78.3 cm³/mol. The second-order valence-corrected chi connectivity index (χ2v) is 5.40. The molecule has 0 aliphatic carbocycles. The number of rotatable bonds is 2. The number of amides is 1. The molecule has 2 aromatic rings. The van der Waals surface area contributed by atoms with Gasteiger partial charge in [-0.05, 0) is 48.9 Å².